The molecule has 2 rings (SSSR count). The molecule has 1 saturated heterocycles. The number of hydrogen-bond donors (Lipinski definition) is 2. The van der Waals surface area contributed by atoms with E-state index < -0.39 is 0 Å². The first kappa shape index (κ1) is 15.6. The molecule has 1 aromatic carbocycles. The number of aliphatic hydroxyl groups is 1. The highest BCUT2D eigenvalue weighted by Gasteiger charge is 2.24. The number of carbonyl (C=O) groups is 1. The molecule has 5 heteroatoms. The summed E-state index contributed by atoms with van der Waals surface area (Å²) < 4.78 is 0. The Morgan fingerprint density at radius 3 is 2.86 bits per heavy atom. The Morgan fingerprint density at radius 2 is 2.19 bits per heavy atom. The molecule has 5 nitrogen and oxygen atoms in total. The lowest BCUT2D eigenvalue weighted by molar-refractivity contribution is 0.0827. The van der Waals surface area contributed by atoms with Crippen LogP contribution in [0.4, 0.5) is 11.4 Å². The SMILES string of the molecule is CN(C)C(=O)c1ccc(N)c(N2CCCCC2CCO)c1. The van der Waals surface area contributed by atoms with E-state index in [1.54, 1.807) is 31.1 Å². The van der Waals surface area contributed by atoms with Gasteiger partial charge in [0.2, 0.25) is 0 Å². The molecule has 0 radical (unpaired) electrons. The molecule has 0 aromatic heterocycles. The molecular formula is C16H25N3O2. The minimum Gasteiger partial charge on any atom is -0.397 e. The maximum Gasteiger partial charge on any atom is 0.253 e. The molecule has 0 spiro atoms. The minimum atomic E-state index is -0.0213. The minimum absolute atomic E-state index is 0.0213. The van der Waals surface area contributed by atoms with Gasteiger partial charge in [0.15, 0.2) is 0 Å². The van der Waals surface area contributed by atoms with Crippen LogP contribution in [0.3, 0.4) is 0 Å². The fourth-order valence-electron chi connectivity index (χ4n) is 2.95. The number of anilines is 2. The van der Waals surface area contributed by atoms with Crippen LogP contribution in [0.2, 0.25) is 0 Å². The highest BCUT2D eigenvalue weighted by molar-refractivity contribution is 5.96. The number of nitrogens with zero attached hydrogens (tertiary/aromatic N) is 2. The third kappa shape index (κ3) is 3.47. The molecule has 1 amide bonds. The summed E-state index contributed by atoms with van der Waals surface area (Å²) in [6.07, 6.45) is 4.10. The van der Waals surface area contributed by atoms with E-state index in [1.165, 1.54) is 6.42 Å². The Bertz CT molecular complexity index is 500. The third-order valence-electron chi connectivity index (χ3n) is 4.08. The summed E-state index contributed by atoms with van der Waals surface area (Å²) in [7, 11) is 3.49. The zero-order valence-corrected chi connectivity index (χ0v) is 12.9. The standard InChI is InChI=1S/C16H25N3O2/c1-18(2)16(21)12-6-7-14(17)15(11-12)19-9-4-3-5-13(19)8-10-20/h6-7,11,13,20H,3-5,8-10,17H2,1-2H3. The average molecular weight is 291 g/mol. The number of piperidine rings is 1. The van der Waals surface area contributed by atoms with Gasteiger partial charge in [-0.25, -0.2) is 0 Å². The van der Waals surface area contributed by atoms with Gasteiger partial charge in [0, 0.05) is 38.9 Å². The summed E-state index contributed by atoms with van der Waals surface area (Å²) in [6.45, 7) is 1.10. The predicted molar refractivity (Wildman–Crippen MR) is 85.6 cm³/mol. The molecule has 0 aliphatic carbocycles. The molecule has 1 aliphatic heterocycles. The number of rotatable bonds is 4. The normalized spacial score (nSPS) is 18.6. The van der Waals surface area contributed by atoms with Crippen LogP contribution in [0.25, 0.3) is 0 Å². The van der Waals surface area contributed by atoms with Crippen molar-refractivity contribution >= 4 is 17.3 Å². The van der Waals surface area contributed by atoms with Crippen molar-refractivity contribution in [3.63, 3.8) is 0 Å². The van der Waals surface area contributed by atoms with Crippen molar-refractivity contribution in [1.82, 2.24) is 4.90 Å². The Morgan fingerprint density at radius 1 is 1.43 bits per heavy atom. The maximum atomic E-state index is 12.1. The fraction of sp³-hybridized carbons (Fsp3) is 0.562. The van der Waals surface area contributed by atoms with Gasteiger partial charge in [0.25, 0.3) is 5.91 Å². The van der Waals surface area contributed by atoms with Crippen molar-refractivity contribution < 1.29 is 9.90 Å². The third-order valence-corrected chi connectivity index (χ3v) is 4.08. The molecule has 1 heterocycles. The quantitative estimate of drug-likeness (QED) is 0.829. The first-order valence-electron chi connectivity index (χ1n) is 7.53. The van der Waals surface area contributed by atoms with Crippen LogP contribution in [0.15, 0.2) is 18.2 Å². The van der Waals surface area contributed by atoms with E-state index in [0.29, 0.717) is 17.3 Å². The van der Waals surface area contributed by atoms with Gasteiger partial charge in [-0.1, -0.05) is 0 Å². The second-order valence-corrected chi connectivity index (χ2v) is 5.83. The summed E-state index contributed by atoms with van der Waals surface area (Å²) in [5, 5.41) is 9.25. The Labute approximate surface area is 126 Å². The number of carbonyl (C=O) groups excluding carboxylic acids is 1. The van der Waals surface area contributed by atoms with Crippen LogP contribution in [0, 0.1) is 0 Å². The zero-order chi connectivity index (χ0) is 15.4. The van der Waals surface area contributed by atoms with Gasteiger partial charge in [-0.05, 0) is 43.9 Å². The van der Waals surface area contributed by atoms with Crippen LogP contribution in [0.5, 0.6) is 0 Å². The van der Waals surface area contributed by atoms with Crippen LogP contribution >= 0.6 is 0 Å². The highest BCUT2D eigenvalue weighted by Crippen LogP contribution is 2.32. The smallest absolute Gasteiger partial charge is 0.253 e. The fourth-order valence-corrected chi connectivity index (χ4v) is 2.95. The Balaban J connectivity index is 2.32. The van der Waals surface area contributed by atoms with Gasteiger partial charge >= 0.3 is 0 Å². The summed E-state index contributed by atoms with van der Waals surface area (Å²) in [5.41, 5.74) is 8.38. The number of amides is 1. The lowest BCUT2D eigenvalue weighted by Gasteiger charge is -2.38. The summed E-state index contributed by atoms with van der Waals surface area (Å²) >= 11 is 0. The molecular weight excluding hydrogens is 266 g/mol. The summed E-state index contributed by atoms with van der Waals surface area (Å²) in [4.78, 5) is 15.9. The van der Waals surface area contributed by atoms with Gasteiger partial charge in [0.05, 0.1) is 11.4 Å². The molecule has 1 atom stereocenters. The van der Waals surface area contributed by atoms with E-state index in [9.17, 15) is 9.90 Å². The highest BCUT2D eigenvalue weighted by atomic mass is 16.3. The van der Waals surface area contributed by atoms with Crippen molar-refractivity contribution in [1.29, 1.82) is 0 Å². The molecule has 1 aliphatic rings. The summed E-state index contributed by atoms with van der Waals surface area (Å²) in [5.74, 6) is -0.0213. The van der Waals surface area contributed by atoms with Gasteiger partial charge in [-0.2, -0.15) is 0 Å². The van der Waals surface area contributed by atoms with Crippen LogP contribution in [-0.2, 0) is 0 Å². The molecule has 0 saturated carbocycles. The molecule has 1 aromatic rings. The Hall–Kier alpha value is -1.75. The van der Waals surface area contributed by atoms with Crippen LogP contribution in [0.1, 0.15) is 36.0 Å². The number of aliphatic hydroxyl groups excluding tert-OH is 1. The van der Waals surface area contributed by atoms with Gasteiger partial charge in [-0.3, -0.25) is 4.79 Å². The molecule has 1 unspecified atom stereocenters. The zero-order valence-electron chi connectivity index (χ0n) is 12.9. The Kier molecular flexibility index (Phi) is 5.07. The lowest BCUT2D eigenvalue weighted by atomic mass is 9.98. The molecule has 3 N–H and O–H groups in total. The van der Waals surface area contributed by atoms with E-state index in [4.69, 9.17) is 5.73 Å². The topological polar surface area (TPSA) is 69.8 Å². The maximum absolute atomic E-state index is 12.1. The second-order valence-electron chi connectivity index (χ2n) is 5.83. The molecule has 21 heavy (non-hydrogen) atoms. The van der Waals surface area contributed by atoms with Crippen LogP contribution < -0.4 is 10.6 Å². The van der Waals surface area contributed by atoms with Gasteiger partial charge in [-0.15, -0.1) is 0 Å². The number of benzene rings is 1. The van der Waals surface area contributed by atoms with Crippen LogP contribution in [-0.4, -0.2) is 49.2 Å². The van der Waals surface area contributed by atoms with Gasteiger partial charge < -0.3 is 20.6 Å². The van der Waals surface area contributed by atoms with E-state index in [1.807, 2.05) is 6.07 Å². The van der Waals surface area contributed by atoms with Crippen molar-refractivity contribution in [3.05, 3.63) is 23.8 Å². The molecule has 0 bridgehead atoms. The van der Waals surface area contributed by atoms with Gasteiger partial charge in [0.1, 0.15) is 0 Å². The van der Waals surface area contributed by atoms with E-state index in [2.05, 4.69) is 4.90 Å². The second kappa shape index (κ2) is 6.80. The van der Waals surface area contributed by atoms with Crippen molar-refractivity contribution in [3.8, 4) is 0 Å². The number of nitrogen functional groups attached to an aromatic ring is 1. The van der Waals surface area contributed by atoms with E-state index in [-0.39, 0.29) is 12.5 Å². The molecule has 116 valence electrons. The number of hydrogen-bond acceptors (Lipinski definition) is 4. The first-order chi connectivity index (χ1) is 10.0. The van der Waals surface area contributed by atoms with E-state index >= 15 is 0 Å². The first-order valence-corrected chi connectivity index (χ1v) is 7.53. The van der Waals surface area contributed by atoms with Crippen molar-refractivity contribution in [2.75, 3.05) is 37.9 Å². The summed E-state index contributed by atoms with van der Waals surface area (Å²) in [6, 6.07) is 5.76. The lowest BCUT2D eigenvalue weighted by Crippen LogP contribution is -2.40. The predicted octanol–water partition coefficient (Wildman–Crippen LogP) is 1.71. The average Bonchev–Trinajstić information content (AvgIpc) is 2.48. The molecule has 1 fully saturated rings. The largest absolute Gasteiger partial charge is 0.397 e. The van der Waals surface area contributed by atoms with Crippen molar-refractivity contribution in [2.45, 2.75) is 31.7 Å². The van der Waals surface area contributed by atoms with E-state index in [0.717, 1.165) is 31.5 Å². The monoisotopic (exact) mass is 291 g/mol. The number of nitrogens with two attached hydrogens (primary N) is 1. The van der Waals surface area contributed by atoms with Crippen molar-refractivity contribution in [2.24, 2.45) is 0 Å².